The van der Waals surface area contributed by atoms with E-state index in [1.54, 1.807) is 0 Å². The molecule has 0 aromatic carbocycles. The van der Waals surface area contributed by atoms with Crippen molar-refractivity contribution in [3.05, 3.63) is 0 Å². The van der Waals surface area contributed by atoms with Gasteiger partial charge in [0.05, 0.1) is 0 Å². The quantitative estimate of drug-likeness (QED) is 0.782. The molecular weight excluding hydrogens is 220 g/mol. The molecule has 1 saturated heterocycles. The van der Waals surface area contributed by atoms with Gasteiger partial charge in [-0.05, 0) is 43.2 Å². The fourth-order valence-electron chi connectivity index (χ4n) is 2.90. The normalized spacial score (nSPS) is 27.7. The van der Waals surface area contributed by atoms with E-state index in [0.29, 0.717) is 11.5 Å². The third-order valence-electron chi connectivity index (χ3n) is 4.48. The zero-order valence-corrected chi connectivity index (χ0v) is 13.4. The van der Waals surface area contributed by atoms with Crippen molar-refractivity contribution in [1.29, 1.82) is 0 Å². The van der Waals surface area contributed by atoms with Crippen LogP contribution in [0.1, 0.15) is 54.4 Å². The number of nitrogens with zero attached hydrogens (tertiary/aromatic N) is 1. The van der Waals surface area contributed by atoms with Gasteiger partial charge in [0.1, 0.15) is 0 Å². The largest absolute Gasteiger partial charge is 0.313 e. The summed E-state index contributed by atoms with van der Waals surface area (Å²) in [5.74, 6) is 1.75. The van der Waals surface area contributed by atoms with Crippen LogP contribution >= 0.6 is 0 Å². The van der Waals surface area contributed by atoms with Crippen molar-refractivity contribution in [3.8, 4) is 0 Å². The predicted octanol–water partition coefficient (Wildman–Crippen LogP) is 3.38. The summed E-state index contributed by atoms with van der Waals surface area (Å²) in [7, 11) is 0. The highest BCUT2D eigenvalue weighted by molar-refractivity contribution is 4.84. The maximum atomic E-state index is 3.73. The van der Waals surface area contributed by atoms with Crippen molar-refractivity contribution >= 4 is 0 Å². The highest BCUT2D eigenvalue weighted by Gasteiger charge is 2.28. The van der Waals surface area contributed by atoms with Gasteiger partial charge in [0, 0.05) is 19.1 Å². The fraction of sp³-hybridized carbons (Fsp3) is 1.00. The first kappa shape index (κ1) is 16.0. The summed E-state index contributed by atoms with van der Waals surface area (Å²) < 4.78 is 0. The molecule has 108 valence electrons. The summed E-state index contributed by atoms with van der Waals surface area (Å²) in [6, 6.07) is 0.642. The van der Waals surface area contributed by atoms with E-state index < -0.39 is 0 Å². The lowest BCUT2D eigenvalue weighted by Crippen LogP contribution is -2.43. The second-order valence-corrected chi connectivity index (χ2v) is 7.38. The molecule has 0 spiro atoms. The molecule has 0 aliphatic carbocycles. The second kappa shape index (κ2) is 6.91. The van der Waals surface area contributed by atoms with Gasteiger partial charge in [-0.2, -0.15) is 0 Å². The van der Waals surface area contributed by atoms with Crippen LogP contribution < -0.4 is 5.32 Å². The van der Waals surface area contributed by atoms with E-state index in [9.17, 15) is 0 Å². The average Bonchev–Trinajstić information content (AvgIpc) is 2.56. The minimum atomic E-state index is 0.367. The van der Waals surface area contributed by atoms with E-state index in [1.165, 1.54) is 32.5 Å². The van der Waals surface area contributed by atoms with Crippen molar-refractivity contribution < 1.29 is 0 Å². The molecule has 3 unspecified atom stereocenters. The van der Waals surface area contributed by atoms with Gasteiger partial charge < -0.3 is 10.2 Å². The van der Waals surface area contributed by atoms with Crippen LogP contribution in [-0.4, -0.2) is 37.1 Å². The van der Waals surface area contributed by atoms with Gasteiger partial charge in [-0.3, -0.25) is 0 Å². The minimum Gasteiger partial charge on any atom is -0.313 e. The zero-order valence-electron chi connectivity index (χ0n) is 13.4. The molecule has 1 aliphatic rings. The fourth-order valence-corrected chi connectivity index (χ4v) is 2.90. The van der Waals surface area contributed by atoms with Crippen LogP contribution in [-0.2, 0) is 0 Å². The predicted molar refractivity (Wildman–Crippen MR) is 80.9 cm³/mol. The zero-order chi connectivity index (χ0) is 13.8. The number of hydrogen-bond donors (Lipinski definition) is 1. The van der Waals surface area contributed by atoms with Crippen molar-refractivity contribution in [2.45, 2.75) is 60.4 Å². The van der Waals surface area contributed by atoms with Crippen LogP contribution in [0.5, 0.6) is 0 Å². The number of likely N-dealkylation sites (tertiary alicyclic amines) is 1. The Morgan fingerprint density at radius 1 is 1.17 bits per heavy atom. The molecule has 18 heavy (non-hydrogen) atoms. The summed E-state index contributed by atoms with van der Waals surface area (Å²) in [5, 5.41) is 3.73. The highest BCUT2D eigenvalue weighted by atomic mass is 15.2. The Labute approximate surface area is 115 Å². The van der Waals surface area contributed by atoms with E-state index >= 15 is 0 Å². The maximum absolute atomic E-state index is 3.73. The van der Waals surface area contributed by atoms with E-state index in [4.69, 9.17) is 0 Å². The van der Waals surface area contributed by atoms with Crippen LogP contribution in [0.15, 0.2) is 0 Å². The Balaban J connectivity index is 2.38. The Bertz CT molecular complexity index is 222. The van der Waals surface area contributed by atoms with Gasteiger partial charge in [-0.1, -0.05) is 41.5 Å². The highest BCUT2D eigenvalue weighted by Crippen LogP contribution is 2.25. The van der Waals surface area contributed by atoms with E-state index in [-0.39, 0.29) is 0 Å². The number of nitrogens with one attached hydrogen (secondary N) is 1. The molecule has 1 heterocycles. The van der Waals surface area contributed by atoms with Crippen LogP contribution in [0, 0.1) is 17.3 Å². The maximum Gasteiger partial charge on any atom is 0.0128 e. The standard InChI is InChI=1S/C16H34N2/c1-7-9-17-15(16(4,5)6)8-10-18-11-13(2)14(3)12-18/h13-15,17H,7-12H2,1-6H3. The van der Waals surface area contributed by atoms with Crippen LogP contribution in [0.2, 0.25) is 0 Å². The SMILES string of the molecule is CCCNC(CCN1CC(C)C(C)C1)C(C)(C)C. The summed E-state index contributed by atoms with van der Waals surface area (Å²) in [4.78, 5) is 2.65. The Hall–Kier alpha value is -0.0800. The molecule has 0 amide bonds. The van der Waals surface area contributed by atoms with Gasteiger partial charge in [-0.15, -0.1) is 0 Å². The molecular formula is C16H34N2. The molecule has 1 aliphatic heterocycles. The molecule has 2 heteroatoms. The van der Waals surface area contributed by atoms with Crippen LogP contribution in [0.3, 0.4) is 0 Å². The van der Waals surface area contributed by atoms with Crippen molar-refractivity contribution in [3.63, 3.8) is 0 Å². The molecule has 0 bridgehead atoms. The first-order chi connectivity index (χ1) is 8.34. The van der Waals surface area contributed by atoms with Crippen molar-refractivity contribution in [1.82, 2.24) is 10.2 Å². The molecule has 0 saturated carbocycles. The molecule has 0 aromatic heterocycles. The van der Waals surface area contributed by atoms with Gasteiger partial charge >= 0.3 is 0 Å². The first-order valence-electron chi connectivity index (χ1n) is 7.80. The molecule has 1 rings (SSSR count). The molecule has 1 fully saturated rings. The lowest BCUT2D eigenvalue weighted by molar-refractivity contribution is 0.218. The third kappa shape index (κ3) is 4.89. The average molecular weight is 254 g/mol. The lowest BCUT2D eigenvalue weighted by Gasteiger charge is -2.33. The monoisotopic (exact) mass is 254 g/mol. The number of hydrogen-bond acceptors (Lipinski definition) is 2. The van der Waals surface area contributed by atoms with Crippen LogP contribution in [0.4, 0.5) is 0 Å². The second-order valence-electron chi connectivity index (χ2n) is 7.38. The Morgan fingerprint density at radius 2 is 1.72 bits per heavy atom. The van der Waals surface area contributed by atoms with E-state index in [0.717, 1.165) is 18.4 Å². The van der Waals surface area contributed by atoms with Gasteiger partial charge in [0.25, 0.3) is 0 Å². The first-order valence-corrected chi connectivity index (χ1v) is 7.80. The summed E-state index contributed by atoms with van der Waals surface area (Å²) in [5.41, 5.74) is 0.367. The van der Waals surface area contributed by atoms with Gasteiger partial charge in [0.2, 0.25) is 0 Å². The molecule has 2 nitrogen and oxygen atoms in total. The van der Waals surface area contributed by atoms with Crippen molar-refractivity contribution in [2.75, 3.05) is 26.2 Å². The molecule has 1 N–H and O–H groups in total. The summed E-state index contributed by atoms with van der Waals surface area (Å²) in [6.07, 6.45) is 2.51. The van der Waals surface area contributed by atoms with Gasteiger partial charge in [0.15, 0.2) is 0 Å². The molecule has 0 aromatic rings. The smallest absolute Gasteiger partial charge is 0.0128 e. The molecule has 0 radical (unpaired) electrons. The van der Waals surface area contributed by atoms with Crippen LogP contribution in [0.25, 0.3) is 0 Å². The molecule has 3 atom stereocenters. The lowest BCUT2D eigenvalue weighted by atomic mass is 9.84. The third-order valence-corrected chi connectivity index (χ3v) is 4.48. The number of rotatable bonds is 6. The van der Waals surface area contributed by atoms with E-state index in [2.05, 4.69) is 51.8 Å². The summed E-state index contributed by atoms with van der Waals surface area (Å²) >= 11 is 0. The Morgan fingerprint density at radius 3 is 2.17 bits per heavy atom. The topological polar surface area (TPSA) is 15.3 Å². The minimum absolute atomic E-state index is 0.367. The Kier molecular flexibility index (Phi) is 6.13. The van der Waals surface area contributed by atoms with Gasteiger partial charge in [-0.25, -0.2) is 0 Å². The summed E-state index contributed by atoms with van der Waals surface area (Å²) in [6.45, 7) is 19.1. The van der Waals surface area contributed by atoms with E-state index in [1.807, 2.05) is 0 Å². The van der Waals surface area contributed by atoms with Crippen molar-refractivity contribution in [2.24, 2.45) is 17.3 Å².